The van der Waals surface area contributed by atoms with Crippen molar-refractivity contribution < 1.29 is 4.79 Å². The monoisotopic (exact) mass is 204 g/mol. The second kappa shape index (κ2) is 5.96. The van der Waals surface area contributed by atoms with Gasteiger partial charge in [0.1, 0.15) is 5.69 Å². The van der Waals surface area contributed by atoms with E-state index in [-0.39, 0.29) is 5.91 Å². The van der Waals surface area contributed by atoms with Crippen molar-refractivity contribution in [3.05, 3.63) is 41.7 Å². The van der Waals surface area contributed by atoms with Gasteiger partial charge in [0.2, 0.25) is 0 Å². The zero-order valence-corrected chi connectivity index (χ0v) is 9.16. The van der Waals surface area contributed by atoms with E-state index in [2.05, 4.69) is 10.3 Å². The van der Waals surface area contributed by atoms with Crippen molar-refractivity contribution in [3.8, 4) is 0 Å². The molecule has 0 aliphatic heterocycles. The Morgan fingerprint density at radius 1 is 1.53 bits per heavy atom. The van der Waals surface area contributed by atoms with Crippen LogP contribution in [0, 0.1) is 6.92 Å². The second-order valence-corrected chi connectivity index (χ2v) is 3.28. The summed E-state index contributed by atoms with van der Waals surface area (Å²) < 4.78 is 0. The molecule has 15 heavy (non-hydrogen) atoms. The van der Waals surface area contributed by atoms with Crippen LogP contribution in [0.1, 0.15) is 29.5 Å². The molecule has 1 heterocycles. The zero-order chi connectivity index (χ0) is 11.1. The van der Waals surface area contributed by atoms with Crippen molar-refractivity contribution in [1.82, 2.24) is 10.3 Å². The average molecular weight is 204 g/mol. The highest BCUT2D eigenvalue weighted by Gasteiger charge is 2.04. The number of hydrogen-bond acceptors (Lipinski definition) is 2. The van der Waals surface area contributed by atoms with Crippen LogP contribution in [0.2, 0.25) is 0 Å². The van der Waals surface area contributed by atoms with Gasteiger partial charge in [-0.2, -0.15) is 0 Å². The van der Waals surface area contributed by atoms with Gasteiger partial charge < -0.3 is 5.32 Å². The molecule has 3 nitrogen and oxygen atoms in total. The number of pyridine rings is 1. The predicted molar refractivity (Wildman–Crippen MR) is 60.7 cm³/mol. The predicted octanol–water partition coefficient (Wildman–Crippen LogP) is 2.09. The molecule has 0 unspecified atom stereocenters. The molecule has 0 aliphatic rings. The maximum absolute atomic E-state index is 11.6. The number of rotatable bonds is 4. The Hall–Kier alpha value is -1.64. The quantitative estimate of drug-likeness (QED) is 0.602. The third-order valence-corrected chi connectivity index (χ3v) is 1.95. The maximum Gasteiger partial charge on any atom is 0.269 e. The minimum atomic E-state index is -0.108. The van der Waals surface area contributed by atoms with Crippen LogP contribution < -0.4 is 5.32 Å². The fraction of sp³-hybridized carbons (Fsp3) is 0.333. The molecular formula is C12H16N2O. The number of nitrogens with zero attached hydrogens (tertiary/aromatic N) is 1. The third kappa shape index (κ3) is 3.94. The standard InChI is InChI=1S/C12H16N2O/c1-3-4-5-9-13-12(15)11-8-6-7-10(2)14-11/h3-4,6-8H,5,9H2,1-2H3,(H,13,15)/b4-3+. The number of nitrogens with one attached hydrogen (secondary N) is 1. The summed E-state index contributed by atoms with van der Waals surface area (Å²) in [6.45, 7) is 4.49. The Balaban J connectivity index is 2.47. The normalized spacial score (nSPS) is 10.5. The number of carbonyl (C=O) groups is 1. The van der Waals surface area contributed by atoms with Crippen LogP contribution >= 0.6 is 0 Å². The molecule has 1 aromatic heterocycles. The molecule has 3 heteroatoms. The Bertz CT molecular complexity index is 358. The molecule has 0 bridgehead atoms. The van der Waals surface area contributed by atoms with E-state index in [9.17, 15) is 4.79 Å². The van der Waals surface area contributed by atoms with E-state index < -0.39 is 0 Å². The van der Waals surface area contributed by atoms with Crippen LogP contribution in [-0.2, 0) is 0 Å². The van der Waals surface area contributed by atoms with Crippen LogP contribution in [0.5, 0.6) is 0 Å². The molecule has 1 rings (SSSR count). The van der Waals surface area contributed by atoms with E-state index in [1.807, 2.05) is 38.1 Å². The fourth-order valence-corrected chi connectivity index (χ4v) is 1.20. The number of allylic oxidation sites excluding steroid dienone is 1. The molecule has 80 valence electrons. The van der Waals surface area contributed by atoms with E-state index >= 15 is 0 Å². The first-order valence-electron chi connectivity index (χ1n) is 5.07. The largest absolute Gasteiger partial charge is 0.350 e. The van der Waals surface area contributed by atoms with Gasteiger partial charge in [0, 0.05) is 12.2 Å². The molecular weight excluding hydrogens is 188 g/mol. The van der Waals surface area contributed by atoms with Crippen molar-refractivity contribution in [2.45, 2.75) is 20.3 Å². The zero-order valence-electron chi connectivity index (χ0n) is 9.16. The number of hydrogen-bond donors (Lipinski definition) is 1. The molecule has 1 amide bonds. The van der Waals surface area contributed by atoms with Gasteiger partial charge in [0.15, 0.2) is 0 Å². The van der Waals surface area contributed by atoms with Crippen molar-refractivity contribution in [1.29, 1.82) is 0 Å². The Morgan fingerprint density at radius 3 is 3.00 bits per heavy atom. The van der Waals surface area contributed by atoms with E-state index in [0.29, 0.717) is 12.2 Å². The maximum atomic E-state index is 11.6. The highest BCUT2D eigenvalue weighted by Crippen LogP contribution is 1.97. The molecule has 0 saturated heterocycles. The van der Waals surface area contributed by atoms with Crippen molar-refractivity contribution in [2.75, 3.05) is 6.54 Å². The fourth-order valence-electron chi connectivity index (χ4n) is 1.20. The van der Waals surface area contributed by atoms with Crippen LogP contribution in [0.4, 0.5) is 0 Å². The lowest BCUT2D eigenvalue weighted by atomic mass is 10.3. The van der Waals surface area contributed by atoms with Crippen LogP contribution in [-0.4, -0.2) is 17.4 Å². The van der Waals surface area contributed by atoms with E-state index in [1.54, 1.807) is 6.07 Å². The van der Waals surface area contributed by atoms with E-state index in [0.717, 1.165) is 12.1 Å². The van der Waals surface area contributed by atoms with Gasteiger partial charge >= 0.3 is 0 Å². The summed E-state index contributed by atoms with van der Waals surface area (Å²) in [5.41, 5.74) is 1.34. The first kappa shape index (κ1) is 11.4. The summed E-state index contributed by atoms with van der Waals surface area (Å²) in [4.78, 5) is 15.7. The van der Waals surface area contributed by atoms with Crippen LogP contribution in [0.15, 0.2) is 30.4 Å². The van der Waals surface area contributed by atoms with Crippen LogP contribution in [0.25, 0.3) is 0 Å². The van der Waals surface area contributed by atoms with E-state index in [1.165, 1.54) is 0 Å². The van der Waals surface area contributed by atoms with Crippen molar-refractivity contribution in [2.24, 2.45) is 0 Å². The summed E-state index contributed by atoms with van der Waals surface area (Å²) in [7, 11) is 0. The van der Waals surface area contributed by atoms with Crippen molar-refractivity contribution >= 4 is 5.91 Å². The minimum Gasteiger partial charge on any atom is -0.350 e. The molecule has 0 saturated carbocycles. The molecule has 1 N–H and O–H groups in total. The topological polar surface area (TPSA) is 42.0 Å². The first-order valence-corrected chi connectivity index (χ1v) is 5.07. The van der Waals surface area contributed by atoms with Gasteiger partial charge in [-0.15, -0.1) is 0 Å². The lowest BCUT2D eigenvalue weighted by Gasteiger charge is -2.03. The van der Waals surface area contributed by atoms with Gasteiger partial charge in [-0.3, -0.25) is 4.79 Å². The highest BCUT2D eigenvalue weighted by atomic mass is 16.1. The molecule has 1 aromatic rings. The highest BCUT2D eigenvalue weighted by molar-refractivity contribution is 5.92. The number of amides is 1. The smallest absolute Gasteiger partial charge is 0.269 e. The number of aromatic nitrogens is 1. The first-order chi connectivity index (χ1) is 7.24. The minimum absolute atomic E-state index is 0.108. The molecule has 0 aliphatic carbocycles. The average Bonchev–Trinajstić information content (AvgIpc) is 2.24. The summed E-state index contributed by atoms with van der Waals surface area (Å²) in [5, 5.41) is 2.81. The molecule has 0 atom stereocenters. The van der Waals surface area contributed by atoms with Gasteiger partial charge in [-0.25, -0.2) is 4.98 Å². The van der Waals surface area contributed by atoms with Crippen molar-refractivity contribution in [3.63, 3.8) is 0 Å². The summed E-state index contributed by atoms with van der Waals surface area (Å²) >= 11 is 0. The Kier molecular flexibility index (Phi) is 4.54. The van der Waals surface area contributed by atoms with Gasteiger partial charge in [-0.05, 0) is 32.4 Å². The molecule has 0 aromatic carbocycles. The van der Waals surface area contributed by atoms with Crippen LogP contribution in [0.3, 0.4) is 0 Å². The Morgan fingerprint density at radius 2 is 2.33 bits per heavy atom. The van der Waals surface area contributed by atoms with Gasteiger partial charge in [0.05, 0.1) is 0 Å². The van der Waals surface area contributed by atoms with E-state index in [4.69, 9.17) is 0 Å². The summed E-state index contributed by atoms with van der Waals surface area (Å²) in [6, 6.07) is 5.43. The summed E-state index contributed by atoms with van der Waals surface area (Å²) in [5.74, 6) is -0.108. The third-order valence-electron chi connectivity index (χ3n) is 1.95. The lowest BCUT2D eigenvalue weighted by molar-refractivity contribution is 0.0949. The second-order valence-electron chi connectivity index (χ2n) is 3.28. The number of carbonyl (C=O) groups excluding carboxylic acids is 1. The SMILES string of the molecule is C/C=C/CCNC(=O)c1cccc(C)n1. The van der Waals surface area contributed by atoms with Gasteiger partial charge in [-0.1, -0.05) is 18.2 Å². The van der Waals surface area contributed by atoms with Gasteiger partial charge in [0.25, 0.3) is 5.91 Å². The molecule has 0 spiro atoms. The lowest BCUT2D eigenvalue weighted by Crippen LogP contribution is -2.25. The molecule has 0 fully saturated rings. The Labute approximate surface area is 90.2 Å². The number of aryl methyl sites for hydroxylation is 1. The molecule has 0 radical (unpaired) electrons. The summed E-state index contributed by atoms with van der Waals surface area (Å²) in [6.07, 6.45) is 4.84.